The summed E-state index contributed by atoms with van der Waals surface area (Å²) in [6.07, 6.45) is 4.81. The highest BCUT2D eigenvalue weighted by molar-refractivity contribution is 7.99. The second kappa shape index (κ2) is 8.09. The van der Waals surface area contributed by atoms with E-state index >= 15 is 0 Å². The fourth-order valence-electron chi connectivity index (χ4n) is 3.09. The van der Waals surface area contributed by atoms with Crippen LogP contribution < -0.4 is 5.73 Å². The Labute approximate surface area is 163 Å². The van der Waals surface area contributed by atoms with E-state index in [1.165, 1.54) is 6.33 Å². The van der Waals surface area contributed by atoms with Crippen LogP contribution in [0.3, 0.4) is 0 Å². The number of anilines is 1. The van der Waals surface area contributed by atoms with Crippen molar-refractivity contribution in [3.8, 4) is 0 Å². The summed E-state index contributed by atoms with van der Waals surface area (Å²) in [6, 6.07) is 0. The molecule has 150 valence electrons. The Bertz CT molecular complexity index is 854. The molecule has 0 bridgehead atoms. The van der Waals surface area contributed by atoms with Crippen LogP contribution in [0.25, 0.3) is 11.2 Å². The van der Waals surface area contributed by atoms with Crippen molar-refractivity contribution in [2.75, 3.05) is 31.0 Å². The second-order valence-corrected chi connectivity index (χ2v) is 12.9. The number of nitrogens with two attached hydrogens (primary N) is 1. The fraction of sp³-hybridized carbons (Fsp3) is 0.647. The summed E-state index contributed by atoms with van der Waals surface area (Å²) >= 11 is 1.54. The van der Waals surface area contributed by atoms with Gasteiger partial charge in [-0.3, -0.25) is 4.57 Å². The number of nitrogens with zero attached hydrogens (tertiary/aromatic N) is 4. The molecule has 0 unspecified atom stereocenters. The van der Waals surface area contributed by atoms with E-state index in [9.17, 15) is 10.2 Å². The first-order valence-electron chi connectivity index (χ1n) is 9.03. The van der Waals surface area contributed by atoms with Crippen LogP contribution in [0.4, 0.5) is 5.82 Å². The Morgan fingerprint density at radius 3 is 2.74 bits per heavy atom. The number of aliphatic hydroxyl groups is 2. The highest BCUT2D eigenvalue weighted by Gasteiger charge is 2.45. The smallest absolute Gasteiger partial charge is 0.172 e. The number of hydrogen-bond donors (Lipinski definition) is 3. The minimum absolute atomic E-state index is 0.283. The molecule has 2 aromatic rings. The minimum atomic E-state index is -1.25. The molecule has 10 heteroatoms. The van der Waals surface area contributed by atoms with Gasteiger partial charge in [-0.1, -0.05) is 18.7 Å². The highest BCUT2D eigenvalue weighted by atomic mass is 32.2. The molecule has 0 spiro atoms. The summed E-state index contributed by atoms with van der Waals surface area (Å²) in [7, 11) is 0. The third-order valence-electron chi connectivity index (χ3n) is 4.52. The van der Waals surface area contributed by atoms with Crippen molar-refractivity contribution in [3.63, 3.8) is 0 Å². The zero-order valence-electron chi connectivity index (χ0n) is 15.9. The van der Waals surface area contributed by atoms with Crippen molar-refractivity contribution < 1.29 is 14.9 Å². The molecule has 27 heavy (non-hydrogen) atoms. The van der Waals surface area contributed by atoms with Crippen molar-refractivity contribution in [1.82, 2.24) is 19.5 Å². The average Bonchev–Trinajstić information content (AvgIpc) is 3.10. The highest BCUT2D eigenvalue weighted by Crippen LogP contribution is 2.41. The summed E-state index contributed by atoms with van der Waals surface area (Å²) < 4.78 is 7.83. The van der Waals surface area contributed by atoms with E-state index in [-0.39, 0.29) is 5.82 Å². The van der Waals surface area contributed by atoms with Crippen LogP contribution in [0.2, 0.25) is 0 Å². The number of fused-ring (bicyclic) bond motifs is 1. The number of aromatic nitrogens is 4. The van der Waals surface area contributed by atoms with Gasteiger partial charge in [0, 0.05) is 5.75 Å². The summed E-state index contributed by atoms with van der Waals surface area (Å²) in [4.78, 5) is 12.9. The summed E-state index contributed by atoms with van der Waals surface area (Å²) in [6.45, 7) is 5.12. The lowest BCUT2D eigenvalue weighted by atomic mass is 10.1. The topological polar surface area (TPSA) is 119 Å². The Kier molecular flexibility index (Phi) is 6.17. The van der Waals surface area contributed by atoms with E-state index in [2.05, 4.69) is 41.5 Å². The van der Waals surface area contributed by atoms with Crippen LogP contribution in [0, 0.1) is 0 Å². The van der Waals surface area contributed by atoms with Crippen LogP contribution in [-0.4, -0.2) is 79.6 Å². The third-order valence-corrected chi connectivity index (χ3v) is 7.15. The van der Waals surface area contributed by atoms with Crippen LogP contribution >= 0.6 is 18.6 Å². The van der Waals surface area contributed by atoms with Crippen LogP contribution in [0.1, 0.15) is 26.0 Å². The molecular weight excluding hydrogens is 385 g/mol. The molecule has 0 amide bonds. The summed E-state index contributed by atoms with van der Waals surface area (Å²) in [5.41, 5.74) is 6.94. The normalized spacial score (nSPS) is 26.1. The van der Waals surface area contributed by atoms with E-state index < -0.39 is 31.4 Å². The Balaban J connectivity index is 1.95. The first-order valence-corrected chi connectivity index (χ1v) is 13.1. The Morgan fingerprint density at radius 1 is 1.33 bits per heavy atom. The summed E-state index contributed by atoms with van der Waals surface area (Å²) in [5, 5.41) is 21.9. The molecule has 1 fully saturated rings. The molecule has 1 aliphatic rings. The standard InChI is InChI=1S/C17H28N5O3PS/c1-5-8-27-17-21-11-14(18)19-9-20-15(11)22(17)16-13(24)12(23)10(25-16)6-7-26(2,3)4/h9-10,12-13,16,23-24H,2,5-8H2,1,3-4H3,(H2,18,19,20)/t10-,12-,13-,16-/m1/s1. The van der Waals surface area contributed by atoms with Gasteiger partial charge < -0.3 is 20.7 Å². The molecule has 4 atom stereocenters. The number of nitrogen functional groups attached to an aromatic ring is 1. The van der Waals surface area contributed by atoms with Gasteiger partial charge in [0.15, 0.2) is 28.4 Å². The number of rotatable bonds is 7. The van der Waals surface area contributed by atoms with Gasteiger partial charge in [0.1, 0.15) is 18.5 Å². The van der Waals surface area contributed by atoms with Crippen molar-refractivity contribution in [2.45, 2.75) is 49.5 Å². The maximum Gasteiger partial charge on any atom is 0.172 e. The van der Waals surface area contributed by atoms with Gasteiger partial charge in [0.05, 0.1) is 6.10 Å². The summed E-state index contributed by atoms with van der Waals surface area (Å²) in [5.74, 6) is 1.14. The van der Waals surface area contributed by atoms with Gasteiger partial charge in [-0.25, -0.2) is 15.0 Å². The Morgan fingerprint density at radius 2 is 2.07 bits per heavy atom. The second-order valence-electron chi connectivity index (χ2n) is 7.54. The molecule has 0 aromatic carbocycles. The molecule has 1 aliphatic heterocycles. The number of aliphatic hydroxyl groups excluding tert-OH is 2. The van der Waals surface area contributed by atoms with Crippen molar-refractivity contribution in [2.24, 2.45) is 0 Å². The van der Waals surface area contributed by atoms with Crippen molar-refractivity contribution in [3.05, 3.63) is 6.33 Å². The zero-order valence-corrected chi connectivity index (χ0v) is 17.7. The first kappa shape index (κ1) is 20.6. The molecular formula is C17H28N5O3PS. The van der Waals surface area contributed by atoms with Gasteiger partial charge in [-0.2, -0.15) is 0 Å². The zero-order chi connectivity index (χ0) is 19.8. The predicted octanol–water partition coefficient (Wildman–Crippen LogP) is 1.63. The van der Waals surface area contributed by atoms with Gasteiger partial charge in [0.2, 0.25) is 0 Å². The van der Waals surface area contributed by atoms with E-state index in [4.69, 9.17) is 10.5 Å². The van der Waals surface area contributed by atoms with Crippen LogP contribution in [0.5, 0.6) is 0 Å². The molecule has 0 saturated carbocycles. The molecule has 8 nitrogen and oxygen atoms in total. The number of ether oxygens (including phenoxy) is 1. The fourth-order valence-corrected chi connectivity index (χ4v) is 4.91. The predicted molar refractivity (Wildman–Crippen MR) is 112 cm³/mol. The quantitative estimate of drug-likeness (QED) is 0.463. The molecule has 3 rings (SSSR count). The number of imidazole rings is 1. The van der Waals surface area contributed by atoms with Gasteiger partial charge in [0.25, 0.3) is 0 Å². The third kappa shape index (κ3) is 4.32. The molecule has 0 radical (unpaired) electrons. The monoisotopic (exact) mass is 413 g/mol. The van der Waals surface area contributed by atoms with E-state index in [0.29, 0.717) is 22.7 Å². The van der Waals surface area contributed by atoms with Crippen molar-refractivity contribution in [1.29, 1.82) is 0 Å². The lowest BCUT2D eigenvalue weighted by Crippen LogP contribution is -2.32. The van der Waals surface area contributed by atoms with Crippen LogP contribution in [0.15, 0.2) is 11.5 Å². The number of hydrogen-bond acceptors (Lipinski definition) is 8. The maximum atomic E-state index is 10.7. The maximum absolute atomic E-state index is 10.7. The molecule has 4 N–H and O–H groups in total. The minimum Gasteiger partial charge on any atom is -0.388 e. The molecule has 3 heterocycles. The Hall–Kier alpha value is -1.12. The van der Waals surface area contributed by atoms with E-state index in [1.54, 1.807) is 16.3 Å². The van der Waals surface area contributed by atoms with E-state index in [1.807, 2.05) is 0 Å². The van der Waals surface area contributed by atoms with E-state index in [0.717, 1.165) is 18.3 Å². The van der Waals surface area contributed by atoms with Crippen molar-refractivity contribution >= 4 is 41.9 Å². The lowest BCUT2D eigenvalue weighted by Gasteiger charge is -2.19. The largest absolute Gasteiger partial charge is 0.388 e. The number of thioether (sulfide) groups is 1. The molecule has 0 aliphatic carbocycles. The van der Waals surface area contributed by atoms with Gasteiger partial charge >= 0.3 is 0 Å². The first-order chi connectivity index (χ1) is 12.7. The molecule has 1 saturated heterocycles. The molecule has 2 aromatic heterocycles. The van der Waals surface area contributed by atoms with Crippen LogP contribution in [-0.2, 0) is 4.74 Å². The van der Waals surface area contributed by atoms with Gasteiger partial charge in [-0.05, 0) is 32.3 Å². The SMILES string of the molecule is C=P(C)(C)CC[C@H]1O[C@@H](n2c(SCCC)nc3c(N)ncnc32)[C@H](O)[C@@H]1O. The lowest BCUT2D eigenvalue weighted by molar-refractivity contribution is -0.0400. The average molecular weight is 413 g/mol. The van der Waals surface area contributed by atoms with Gasteiger partial charge in [-0.15, -0.1) is 13.2 Å².